The zero-order valence-electron chi connectivity index (χ0n) is 20.5. The van der Waals surface area contributed by atoms with Crippen LogP contribution in [0.25, 0.3) is 22.2 Å². The lowest BCUT2D eigenvalue weighted by molar-refractivity contribution is -0.138. The van der Waals surface area contributed by atoms with Crippen LogP contribution in [0.15, 0.2) is 72.8 Å². The van der Waals surface area contributed by atoms with Gasteiger partial charge in [0.15, 0.2) is 0 Å². The van der Waals surface area contributed by atoms with E-state index in [0.29, 0.717) is 29.5 Å². The summed E-state index contributed by atoms with van der Waals surface area (Å²) in [5.74, 6) is -1.14. The Morgan fingerprint density at radius 3 is 2.29 bits per heavy atom. The number of aromatic nitrogens is 2. The predicted molar refractivity (Wildman–Crippen MR) is 147 cm³/mol. The first-order valence-electron chi connectivity index (χ1n) is 12.2. The molecule has 2 amide bonds. The van der Waals surface area contributed by atoms with Gasteiger partial charge >= 0.3 is 5.97 Å². The Hall–Kier alpha value is -4.37. The van der Waals surface area contributed by atoms with Crippen molar-refractivity contribution in [3.63, 3.8) is 0 Å². The van der Waals surface area contributed by atoms with E-state index in [1.54, 1.807) is 24.3 Å². The number of benzene rings is 3. The van der Waals surface area contributed by atoms with Gasteiger partial charge in [0.2, 0.25) is 17.8 Å². The Balaban J connectivity index is 1.22. The second-order valence-electron chi connectivity index (χ2n) is 8.76. The van der Waals surface area contributed by atoms with Crippen molar-refractivity contribution in [3.05, 3.63) is 83.4 Å². The molecule has 1 aromatic heterocycles. The number of nitrogens with one attached hydrogen (secondary N) is 4. The minimum atomic E-state index is -1.04. The molecule has 0 fully saturated rings. The molecule has 0 aliphatic heterocycles. The van der Waals surface area contributed by atoms with Crippen LogP contribution in [0.3, 0.4) is 0 Å². The maximum absolute atomic E-state index is 12.5. The second kappa shape index (κ2) is 12.7. The first kappa shape index (κ1) is 26.7. The molecule has 10 heteroatoms. The fraction of sp³-hybridized carbons (Fsp3) is 0.214. The molecule has 1 heterocycles. The zero-order chi connectivity index (χ0) is 26.9. The maximum atomic E-state index is 12.5. The molecule has 4 rings (SSSR count). The number of rotatable bonds is 12. The van der Waals surface area contributed by atoms with Crippen molar-refractivity contribution < 1.29 is 19.5 Å². The number of aromatic amines is 1. The fourth-order valence-electron chi connectivity index (χ4n) is 3.98. The third-order valence-corrected chi connectivity index (χ3v) is 6.17. The van der Waals surface area contributed by atoms with E-state index in [0.717, 1.165) is 22.2 Å². The summed E-state index contributed by atoms with van der Waals surface area (Å²) >= 11 is 5.95. The zero-order valence-corrected chi connectivity index (χ0v) is 21.3. The molecular formula is C28H28ClN5O4. The Morgan fingerprint density at radius 2 is 1.61 bits per heavy atom. The molecule has 0 saturated heterocycles. The highest BCUT2D eigenvalue weighted by atomic mass is 35.5. The fourth-order valence-corrected chi connectivity index (χ4v) is 4.11. The number of halogens is 1. The van der Waals surface area contributed by atoms with Crippen molar-refractivity contribution in [1.29, 1.82) is 0 Å². The van der Waals surface area contributed by atoms with Crippen molar-refractivity contribution in [2.45, 2.75) is 25.3 Å². The quantitative estimate of drug-likeness (QED) is 0.170. The van der Waals surface area contributed by atoms with Gasteiger partial charge in [-0.25, -0.2) is 4.98 Å². The number of carbonyl (C=O) groups excluding carboxylic acids is 2. The summed E-state index contributed by atoms with van der Waals surface area (Å²) in [6.45, 7) is 0.293. The largest absolute Gasteiger partial charge is 0.481 e. The normalized spacial score (nSPS) is 11.6. The number of carboxylic acid groups (broad SMARTS) is 1. The predicted octanol–water partition coefficient (Wildman–Crippen LogP) is 4.52. The van der Waals surface area contributed by atoms with Crippen LogP contribution < -0.4 is 16.0 Å². The lowest BCUT2D eigenvalue weighted by Gasteiger charge is -2.18. The van der Waals surface area contributed by atoms with Crippen LogP contribution in [-0.4, -0.2) is 45.9 Å². The Kier molecular flexibility index (Phi) is 8.94. The highest BCUT2D eigenvalue weighted by Crippen LogP contribution is 2.25. The van der Waals surface area contributed by atoms with E-state index < -0.39 is 17.9 Å². The first-order valence-corrected chi connectivity index (χ1v) is 12.6. The third kappa shape index (κ3) is 7.57. The average Bonchev–Trinajstić information content (AvgIpc) is 3.33. The number of anilines is 1. The first-order chi connectivity index (χ1) is 18.4. The summed E-state index contributed by atoms with van der Waals surface area (Å²) in [6, 6.07) is 21.6. The number of nitrogens with zero attached hydrogens (tertiary/aromatic N) is 1. The van der Waals surface area contributed by atoms with Crippen molar-refractivity contribution >= 4 is 46.4 Å². The van der Waals surface area contributed by atoms with Gasteiger partial charge in [0.1, 0.15) is 0 Å². The second-order valence-corrected chi connectivity index (χ2v) is 9.19. The number of imidazole rings is 1. The summed E-state index contributed by atoms with van der Waals surface area (Å²) in [7, 11) is 0. The van der Waals surface area contributed by atoms with E-state index in [9.17, 15) is 19.5 Å². The summed E-state index contributed by atoms with van der Waals surface area (Å²) in [5, 5.41) is 18.4. The van der Waals surface area contributed by atoms with Gasteiger partial charge < -0.3 is 26.0 Å². The molecule has 0 aliphatic rings. The molecule has 1 unspecified atom stereocenters. The van der Waals surface area contributed by atoms with Gasteiger partial charge in [-0.3, -0.25) is 14.4 Å². The van der Waals surface area contributed by atoms with Gasteiger partial charge in [-0.1, -0.05) is 60.1 Å². The van der Waals surface area contributed by atoms with Gasteiger partial charge in [0, 0.05) is 18.0 Å². The number of hydrogen-bond donors (Lipinski definition) is 5. The highest BCUT2D eigenvalue weighted by molar-refractivity contribution is 6.30. The van der Waals surface area contributed by atoms with E-state index in [-0.39, 0.29) is 25.3 Å². The Labute approximate surface area is 224 Å². The van der Waals surface area contributed by atoms with E-state index in [1.807, 2.05) is 48.5 Å². The number of H-pyrrole nitrogens is 1. The smallest absolute Gasteiger partial charge is 0.305 e. The number of para-hydroxylation sites is 2. The highest BCUT2D eigenvalue weighted by Gasteiger charge is 2.18. The van der Waals surface area contributed by atoms with Gasteiger partial charge in [0.05, 0.1) is 30.0 Å². The minimum Gasteiger partial charge on any atom is -0.481 e. The van der Waals surface area contributed by atoms with Crippen LogP contribution >= 0.6 is 11.6 Å². The molecule has 196 valence electrons. The van der Waals surface area contributed by atoms with E-state index >= 15 is 0 Å². The molecule has 1 atom stereocenters. The van der Waals surface area contributed by atoms with E-state index in [4.69, 9.17) is 11.6 Å². The minimum absolute atomic E-state index is 0.227. The number of carbonyl (C=O) groups is 3. The van der Waals surface area contributed by atoms with E-state index in [2.05, 4.69) is 25.9 Å². The van der Waals surface area contributed by atoms with Gasteiger partial charge in [-0.15, -0.1) is 0 Å². The summed E-state index contributed by atoms with van der Waals surface area (Å²) < 4.78 is 0. The standard InChI is InChI=1S/C28H28ClN5O4/c29-21-13-11-19(12-14-21)18-7-9-20(10-8-18)24(16-27(37)38)32-26(36)17-31-25(35)6-3-15-30-28-33-22-4-1-2-5-23(22)34-28/h1-2,4-5,7-14,24H,3,6,15-17H2,(H,31,35)(H,32,36)(H,37,38)(H2,30,33,34). The van der Waals surface area contributed by atoms with Crippen LogP contribution in [-0.2, 0) is 14.4 Å². The van der Waals surface area contributed by atoms with Crippen molar-refractivity contribution in [3.8, 4) is 11.1 Å². The van der Waals surface area contributed by atoms with Crippen LogP contribution in [0.5, 0.6) is 0 Å². The van der Waals surface area contributed by atoms with Crippen molar-refractivity contribution in [2.24, 2.45) is 0 Å². The number of carboxylic acids is 1. The average molecular weight is 534 g/mol. The molecule has 9 nitrogen and oxygen atoms in total. The van der Waals surface area contributed by atoms with Gasteiger partial charge in [0.25, 0.3) is 0 Å². The molecule has 0 saturated carbocycles. The van der Waals surface area contributed by atoms with Crippen molar-refractivity contribution in [2.75, 3.05) is 18.4 Å². The topological polar surface area (TPSA) is 136 Å². The van der Waals surface area contributed by atoms with Crippen LogP contribution in [0.1, 0.15) is 30.9 Å². The summed E-state index contributed by atoms with van der Waals surface area (Å²) in [4.78, 5) is 43.6. The molecule has 0 spiro atoms. The SMILES string of the molecule is O=C(O)CC(NC(=O)CNC(=O)CCCNc1nc2ccccc2[nH]1)c1ccc(-c2ccc(Cl)cc2)cc1. The lowest BCUT2D eigenvalue weighted by atomic mass is 9.99. The third-order valence-electron chi connectivity index (χ3n) is 5.91. The van der Waals surface area contributed by atoms with Crippen LogP contribution in [0.4, 0.5) is 5.95 Å². The lowest BCUT2D eigenvalue weighted by Crippen LogP contribution is -2.39. The summed E-state index contributed by atoms with van der Waals surface area (Å²) in [5.41, 5.74) is 4.35. The molecule has 0 bridgehead atoms. The molecule has 0 radical (unpaired) electrons. The van der Waals surface area contributed by atoms with E-state index in [1.165, 1.54) is 0 Å². The molecule has 0 aliphatic carbocycles. The number of amides is 2. The Bertz CT molecular complexity index is 1370. The van der Waals surface area contributed by atoms with Gasteiger partial charge in [-0.05, 0) is 47.4 Å². The number of fused-ring (bicyclic) bond motifs is 1. The maximum Gasteiger partial charge on any atom is 0.305 e. The summed E-state index contributed by atoms with van der Waals surface area (Å²) in [6.07, 6.45) is 0.491. The van der Waals surface area contributed by atoms with Crippen LogP contribution in [0, 0.1) is 0 Å². The number of hydrogen-bond acceptors (Lipinski definition) is 5. The number of aliphatic carboxylic acids is 1. The molecule has 38 heavy (non-hydrogen) atoms. The van der Waals surface area contributed by atoms with Crippen LogP contribution in [0.2, 0.25) is 5.02 Å². The molecule has 4 aromatic rings. The molecule has 3 aromatic carbocycles. The monoisotopic (exact) mass is 533 g/mol. The molecular weight excluding hydrogens is 506 g/mol. The van der Waals surface area contributed by atoms with Gasteiger partial charge in [-0.2, -0.15) is 0 Å². The molecule has 5 N–H and O–H groups in total. The van der Waals surface area contributed by atoms with Crippen molar-refractivity contribution in [1.82, 2.24) is 20.6 Å². The Morgan fingerprint density at radius 1 is 0.921 bits per heavy atom.